The van der Waals surface area contributed by atoms with E-state index in [9.17, 15) is 9.90 Å². The standard InChI is InChI=1S/C10H11N5O2/c1-6(16)7-4-2-3-5-8(7)11-10(17)9-12-14-15-13-9/h2-6,16H,1H3,(H,11,17)(H,12,13,14,15). The van der Waals surface area contributed by atoms with Crippen LogP contribution in [0.15, 0.2) is 24.3 Å². The molecule has 1 amide bonds. The molecule has 1 unspecified atom stereocenters. The Bertz CT molecular complexity index is 509. The molecule has 0 bridgehead atoms. The van der Waals surface area contributed by atoms with Crippen LogP contribution in [0.3, 0.4) is 0 Å². The maximum atomic E-state index is 11.7. The lowest BCUT2D eigenvalue weighted by atomic mass is 10.1. The van der Waals surface area contributed by atoms with Crippen molar-refractivity contribution in [3.05, 3.63) is 35.7 Å². The first kappa shape index (κ1) is 11.2. The van der Waals surface area contributed by atoms with Gasteiger partial charge in [0.1, 0.15) is 0 Å². The number of aliphatic hydroxyl groups excluding tert-OH is 1. The Morgan fingerprint density at radius 3 is 2.88 bits per heavy atom. The summed E-state index contributed by atoms with van der Waals surface area (Å²) in [5.41, 5.74) is 1.15. The molecule has 1 atom stereocenters. The number of nitrogens with one attached hydrogen (secondary N) is 2. The Hall–Kier alpha value is -2.28. The molecule has 0 radical (unpaired) electrons. The van der Waals surface area contributed by atoms with Crippen molar-refractivity contribution >= 4 is 11.6 Å². The first-order chi connectivity index (χ1) is 8.18. The molecule has 0 fully saturated rings. The zero-order chi connectivity index (χ0) is 12.3. The molecule has 17 heavy (non-hydrogen) atoms. The van der Waals surface area contributed by atoms with E-state index < -0.39 is 12.0 Å². The quantitative estimate of drug-likeness (QED) is 0.716. The zero-order valence-electron chi connectivity index (χ0n) is 9.08. The average Bonchev–Trinajstić information content (AvgIpc) is 2.83. The Labute approximate surface area is 96.9 Å². The molecule has 1 aromatic heterocycles. The van der Waals surface area contributed by atoms with Crippen LogP contribution in [-0.2, 0) is 0 Å². The lowest BCUT2D eigenvalue weighted by Gasteiger charge is -2.11. The predicted octanol–water partition coefficient (Wildman–Crippen LogP) is 0.505. The molecule has 88 valence electrons. The van der Waals surface area contributed by atoms with Crippen LogP contribution < -0.4 is 5.32 Å². The first-order valence-electron chi connectivity index (χ1n) is 5.00. The number of aliphatic hydroxyl groups is 1. The fourth-order valence-electron chi connectivity index (χ4n) is 1.41. The molecule has 1 aromatic carbocycles. The molecule has 1 heterocycles. The van der Waals surface area contributed by atoms with Gasteiger partial charge in [0.15, 0.2) is 0 Å². The van der Waals surface area contributed by atoms with Gasteiger partial charge in [0.2, 0.25) is 0 Å². The number of para-hydroxylation sites is 1. The highest BCUT2D eigenvalue weighted by molar-refractivity contribution is 6.01. The van der Waals surface area contributed by atoms with Gasteiger partial charge >= 0.3 is 0 Å². The van der Waals surface area contributed by atoms with Gasteiger partial charge in [-0.25, -0.2) is 0 Å². The number of carbonyl (C=O) groups excluding carboxylic acids is 1. The smallest absolute Gasteiger partial charge is 0.297 e. The van der Waals surface area contributed by atoms with Gasteiger partial charge in [0, 0.05) is 11.3 Å². The third-order valence-electron chi connectivity index (χ3n) is 2.21. The summed E-state index contributed by atoms with van der Waals surface area (Å²) in [6, 6.07) is 6.97. The van der Waals surface area contributed by atoms with Gasteiger partial charge in [0.05, 0.1) is 6.10 Å². The monoisotopic (exact) mass is 233 g/mol. The molecular weight excluding hydrogens is 222 g/mol. The van der Waals surface area contributed by atoms with E-state index in [0.717, 1.165) is 0 Å². The van der Waals surface area contributed by atoms with Gasteiger partial charge in [0.25, 0.3) is 11.7 Å². The number of aromatic amines is 1. The van der Waals surface area contributed by atoms with Gasteiger partial charge < -0.3 is 10.4 Å². The van der Waals surface area contributed by atoms with Crippen molar-refractivity contribution in [3.63, 3.8) is 0 Å². The number of hydrogen-bond donors (Lipinski definition) is 3. The number of tetrazole rings is 1. The second-order valence-electron chi connectivity index (χ2n) is 3.45. The van der Waals surface area contributed by atoms with Crippen LogP contribution in [-0.4, -0.2) is 31.6 Å². The Morgan fingerprint density at radius 1 is 1.47 bits per heavy atom. The van der Waals surface area contributed by atoms with Gasteiger partial charge in [-0.2, -0.15) is 5.21 Å². The van der Waals surface area contributed by atoms with Gasteiger partial charge in [-0.05, 0) is 18.2 Å². The van der Waals surface area contributed by atoms with E-state index in [1.54, 1.807) is 31.2 Å². The van der Waals surface area contributed by atoms with Gasteiger partial charge in [-0.15, -0.1) is 10.2 Å². The zero-order valence-corrected chi connectivity index (χ0v) is 9.08. The highest BCUT2D eigenvalue weighted by Gasteiger charge is 2.14. The van der Waals surface area contributed by atoms with E-state index >= 15 is 0 Å². The number of amides is 1. The van der Waals surface area contributed by atoms with E-state index in [1.807, 2.05) is 0 Å². The maximum absolute atomic E-state index is 11.7. The molecule has 7 nitrogen and oxygen atoms in total. The average molecular weight is 233 g/mol. The molecule has 0 saturated heterocycles. The number of benzene rings is 1. The summed E-state index contributed by atoms with van der Waals surface area (Å²) in [4.78, 5) is 11.7. The number of aromatic nitrogens is 4. The minimum Gasteiger partial charge on any atom is -0.389 e. The SMILES string of the molecule is CC(O)c1ccccc1NC(=O)c1nn[nH]n1. The van der Waals surface area contributed by atoms with Crippen LogP contribution in [0, 0.1) is 0 Å². The number of rotatable bonds is 3. The molecule has 0 aliphatic rings. The highest BCUT2D eigenvalue weighted by atomic mass is 16.3. The van der Waals surface area contributed by atoms with Crippen LogP contribution in [0.5, 0.6) is 0 Å². The van der Waals surface area contributed by atoms with Crippen molar-refractivity contribution in [2.45, 2.75) is 13.0 Å². The fourth-order valence-corrected chi connectivity index (χ4v) is 1.41. The number of carbonyl (C=O) groups is 1. The molecule has 0 saturated carbocycles. The van der Waals surface area contributed by atoms with Crippen LogP contribution in [0.25, 0.3) is 0 Å². The molecular formula is C10H11N5O2. The van der Waals surface area contributed by atoms with Crippen molar-refractivity contribution in [1.29, 1.82) is 0 Å². The third-order valence-corrected chi connectivity index (χ3v) is 2.21. The normalized spacial score (nSPS) is 12.1. The lowest BCUT2D eigenvalue weighted by Crippen LogP contribution is -2.15. The summed E-state index contributed by atoms with van der Waals surface area (Å²) < 4.78 is 0. The second kappa shape index (κ2) is 4.71. The van der Waals surface area contributed by atoms with Crippen LogP contribution in [0.4, 0.5) is 5.69 Å². The predicted molar refractivity (Wildman–Crippen MR) is 59.2 cm³/mol. The molecule has 2 aromatic rings. The summed E-state index contributed by atoms with van der Waals surface area (Å²) in [5.74, 6) is -0.530. The minimum atomic E-state index is -0.670. The van der Waals surface area contributed by atoms with E-state index in [-0.39, 0.29) is 5.82 Å². The van der Waals surface area contributed by atoms with Gasteiger partial charge in [-0.3, -0.25) is 4.79 Å². The van der Waals surface area contributed by atoms with Crippen molar-refractivity contribution in [2.75, 3.05) is 5.32 Å². The third kappa shape index (κ3) is 2.45. The van der Waals surface area contributed by atoms with E-state index in [2.05, 4.69) is 25.9 Å². The van der Waals surface area contributed by atoms with Crippen LogP contribution in [0.1, 0.15) is 29.2 Å². The molecule has 0 aliphatic carbocycles. The van der Waals surface area contributed by atoms with Crippen LogP contribution in [0.2, 0.25) is 0 Å². The number of nitrogens with zero attached hydrogens (tertiary/aromatic N) is 3. The molecule has 0 aliphatic heterocycles. The maximum Gasteiger partial charge on any atom is 0.297 e. The van der Waals surface area contributed by atoms with E-state index in [4.69, 9.17) is 0 Å². The van der Waals surface area contributed by atoms with Crippen molar-refractivity contribution < 1.29 is 9.90 Å². The molecule has 7 heteroatoms. The van der Waals surface area contributed by atoms with Crippen molar-refractivity contribution in [1.82, 2.24) is 20.6 Å². The lowest BCUT2D eigenvalue weighted by molar-refractivity contribution is 0.101. The molecule has 0 spiro atoms. The summed E-state index contributed by atoms with van der Waals surface area (Å²) in [5, 5.41) is 24.8. The Kier molecular flexibility index (Phi) is 3.10. The highest BCUT2D eigenvalue weighted by Crippen LogP contribution is 2.22. The topological polar surface area (TPSA) is 104 Å². The Balaban J connectivity index is 2.22. The molecule has 2 rings (SSSR count). The second-order valence-corrected chi connectivity index (χ2v) is 3.45. The van der Waals surface area contributed by atoms with Crippen molar-refractivity contribution in [2.24, 2.45) is 0 Å². The van der Waals surface area contributed by atoms with Crippen molar-refractivity contribution in [3.8, 4) is 0 Å². The number of H-pyrrole nitrogens is 1. The summed E-state index contributed by atoms with van der Waals surface area (Å²) >= 11 is 0. The number of anilines is 1. The van der Waals surface area contributed by atoms with E-state index in [1.165, 1.54) is 0 Å². The van der Waals surface area contributed by atoms with E-state index in [0.29, 0.717) is 11.3 Å². The van der Waals surface area contributed by atoms with Crippen LogP contribution >= 0.6 is 0 Å². The Morgan fingerprint density at radius 2 is 2.24 bits per heavy atom. The first-order valence-corrected chi connectivity index (χ1v) is 5.00. The number of hydrogen-bond acceptors (Lipinski definition) is 5. The molecule has 3 N–H and O–H groups in total. The minimum absolute atomic E-state index is 0.0506. The summed E-state index contributed by atoms with van der Waals surface area (Å²) in [6.45, 7) is 1.62. The summed E-state index contributed by atoms with van der Waals surface area (Å²) in [7, 11) is 0. The fraction of sp³-hybridized carbons (Fsp3) is 0.200. The van der Waals surface area contributed by atoms with Gasteiger partial charge in [-0.1, -0.05) is 18.2 Å². The largest absolute Gasteiger partial charge is 0.389 e. The summed E-state index contributed by atoms with van der Waals surface area (Å²) in [6.07, 6.45) is -0.670.